The zero-order valence-corrected chi connectivity index (χ0v) is 36.2. The fourth-order valence-corrected chi connectivity index (χ4v) is 9.27. The maximum absolute atomic E-state index is 9.97. The van der Waals surface area contributed by atoms with Crippen molar-refractivity contribution in [2.45, 2.75) is 103 Å². The number of hydrogen-bond acceptors (Lipinski definition) is 7. The molecule has 0 unspecified atom stereocenters. The number of rotatable bonds is 7. The Labute approximate surface area is 356 Å². The van der Waals surface area contributed by atoms with Crippen molar-refractivity contribution in [1.82, 2.24) is 29.9 Å². The van der Waals surface area contributed by atoms with Gasteiger partial charge in [0.25, 0.3) is 0 Å². The van der Waals surface area contributed by atoms with Crippen LogP contribution in [0.5, 0.6) is 29.0 Å². The number of benzene rings is 5. The van der Waals surface area contributed by atoms with Gasteiger partial charge in [-0.05, 0) is 167 Å². The lowest BCUT2D eigenvalue weighted by molar-refractivity contribution is 0.332. The first-order chi connectivity index (χ1) is 29.0. The average Bonchev–Trinajstić information content (AvgIpc) is 3.86. The van der Waals surface area contributed by atoms with Crippen molar-refractivity contribution in [3.63, 3.8) is 0 Å². The van der Waals surface area contributed by atoms with Gasteiger partial charge in [0.15, 0.2) is 5.82 Å². The third kappa shape index (κ3) is 7.09. The van der Waals surface area contributed by atoms with Crippen LogP contribution in [0.25, 0.3) is 56.2 Å². The van der Waals surface area contributed by atoms with E-state index in [0.29, 0.717) is 34.6 Å². The van der Waals surface area contributed by atoms with Crippen molar-refractivity contribution in [3.05, 3.63) is 125 Å². The van der Waals surface area contributed by atoms with E-state index in [0.717, 1.165) is 70.5 Å². The third-order valence-electron chi connectivity index (χ3n) is 13.4. The molecule has 3 aromatic heterocycles. The summed E-state index contributed by atoms with van der Waals surface area (Å²) in [6.07, 6.45) is 4.64. The largest absolute Gasteiger partial charge is 0.508 e. The maximum atomic E-state index is 9.97. The van der Waals surface area contributed by atoms with Crippen LogP contribution in [0.4, 0.5) is 0 Å². The summed E-state index contributed by atoms with van der Waals surface area (Å²) in [5, 5.41) is 9.97. The van der Waals surface area contributed by atoms with Gasteiger partial charge < -0.3 is 24.5 Å². The summed E-state index contributed by atoms with van der Waals surface area (Å²) in [5.74, 6) is 4.00. The minimum absolute atomic E-state index is 0.113. The molecule has 5 aromatic carbocycles. The number of phenols is 1. The number of nitrogens with zero attached hydrogens (tertiary/aromatic N) is 4. The molecule has 0 bridgehead atoms. The van der Waals surface area contributed by atoms with Gasteiger partial charge in [0.2, 0.25) is 11.8 Å². The van der Waals surface area contributed by atoms with E-state index < -0.39 is 0 Å². The molecule has 9 heteroatoms. The van der Waals surface area contributed by atoms with Crippen LogP contribution in [-0.4, -0.2) is 35.0 Å². The number of ether oxygens (including phenoxy) is 2. The van der Waals surface area contributed by atoms with Gasteiger partial charge in [-0.25, -0.2) is 9.97 Å². The second-order valence-electron chi connectivity index (χ2n) is 19.7. The van der Waals surface area contributed by atoms with E-state index in [-0.39, 0.29) is 27.4 Å². The topological polar surface area (TPSA) is 122 Å². The molecule has 0 aliphatic heterocycles. The lowest BCUT2D eigenvalue weighted by Crippen LogP contribution is -2.33. The highest BCUT2D eigenvalue weighted by Gasteiger charge is 2.39. The van der Waals surface area contributed by atoms with Crippen LogP contribution in [-0.2, 0) is 21.7 Å². The molecule has 3 heterocycles. The summed E-state index contributed by atoms with van der Waals surface area (Å²) in [4.78, 5) is 26.7. The highest BCUT2D eigenvalue weighted by Crippen LogP contribution is 2.48. The predicted molar refractivity (Wildman–Crippen MR) is 243 cm³/mol. The smallest absolute Gasteiger partial charge is 0.226 e. The fourth-order valence-electron chi connectivity index (χ4n) is 9.27. The summed E-state index contributed by atoms with van der Waals surface area (Å²) < 4.78 is 12.7. The number of phenolic OH excluding ortho intramolecular Hbond substituents is 1. The minimum Gasteiger partial charge on any atom is -0.508 e. The van der Waals surface area contributed by atoms with Gasteiger partial charge in [0.05, 0.1) is 28.1 Å². The number of nitrogens with one attached hydrogen (secondary N) is 2. The van der Waals surface area contributed by atoms with Crippen molar-refractivity contribution < 1.29 is 14.6 Å². The van der Waals surface area contributed by atoms with Crippen molar-refractivity contribution in [2.75, 3.05) is 0 Å². The van der Waals surface area contributed by atoms with Gasteiger partial charge in [-0.3, -0.25) is 0 Å². The number of aromatic nitrogens is 6. The summed E-state index contributed by atoms with van der Waals surface area (Å²) in [7, 11) is 0. The molecule has 2 aliphatic rings. The Morgan fingerprint density at radius 2 is 0.803 bits per heavy atom. The van der Waals surface area contributed by atoms with Crippen LogP contribution >= 0.6 is 0 Å². The quantitative estimate of drug-likeness (QED) is 0.147. The first-order valence-corrected chi connectivity index (χ1v) is 21.3. The Morgan fingerprint density at radius 1 is 0.443 bits per heavy atom. The van der Waals surface area contributed by atoms with E-state index in [4.69, 9.17) is 29.4 Å². The number of aromatic hydroxyl groups is 1. The van der Waals surface area contributed by atoms with Gasteiger partial charge in [-0.2, -0.15) is 9.97 Å². The molecule has 0 saturated heterocycles. The monoisotopic (exact) mass is 808 g/mol. The Morgan fingerprint density at radius 3 is 1.20 bits per heavy atom. The van der Waals surface area contributed by atoms with Crippen LogP contribution in [0, 0.1) is 0 Å². The molecule has 3 N–H and O–H groups in total. The molecule has 61 heavy (non-hydrogen) atoms. The third-order valence-corrected chi connectivity index (χ3v) is 13.4. The summed E-state index contributed by atoms with van der Waals surface area (Å²) in [6.45, 7) is 18.7. The molecule has 0 radical (unpaired) electrons. The first-order valence-electron chi connectivity index (χ1n) is 21.3. The van der Waals surface area contributed by atoms with E-state index in [9.17, 15) is 5.11 Å². The van der Waals surface area contributed by atoms with Gasteiger partial charge >= 0.3 is 0 Å². The van der Waals surface area contributed by atoms with Crippen LogP contribution in [0.3, 0.4) is 0 Å². The number of aromatic amines is 2. The van der Waals surface area contributed by atoms with Crippen molar-refractivity contribution >= 4 is 22.1 Å². The lowest BCUT2D eigenvalue weighted by atomic mass is 9.63. The molecular formula is C52H52N6O3. The zero-order valence-electron chi connectivity index (χ0n) is 36.2. The van der Waals surface area contributed by atoms with Crippen LogP contribution in [0.15, 0.2) is 103 Å². The maximum Gasteiger partial charge on any atom is 0.226 e. The van der Waals surface area contributed by atoms with Crippen LogP contribution in [0.2, 0.25) is 0 Å². The summed E-state index contributed by atoms with van der Waals surface area (Å²) in [5.41, 5.74) is 12.7. The van der Waals surface area contributed by atoms with Gasteiger partial charge in [-0.15, -0.1) is 0 Å². The second-order valence-corrected chi connectivity index (χ2v) is 19.7. The molecule has 9 nitrogen and oxygen atoms in total. The Bertz CT molecular complexity index is 2690. The van der Waals surface area contributed by atoms with E-state index in [1.54, 1.807) is 30.3 Å². The molecule has 10 rings (SSSR count). The van der Waals surface area contributed by atoms with Crippen molar-refractivity contribution in [1.29, 1.82) is 0 Å². The summed E-state index contributed by atoms with van der Waals surface area (Å²) >= 11 is 0. The van der Waals surface area contributed by atoms with E-state index in [1.165, 1.54) is 22.3 Å². The van der Waals surface area contributed by atoms with Gasteiger partial charge in [-0.1, -0.05) is 55.4 Å². The minimum atomic E-state index is 0.113. The Balaban J connectivity index is 0.909. The Kier molecular flexibility index (Phi) is 8.74. The SMILES string of the molecule is CC1(C)CCC(C)(C)c2cc3[nH]c(-c4ccc(Oc5cc(Oc6ccc(-c7nc8cc9c(cc8[nH]7)C(C)(C)CCC9(C)C)cc6)nc(-c6ccc(O)cc6)n5)cc4)nc3cc21. The zero-order chi connectivity index (χ0) is 42.5. The highest BCUT2D eigenvalue weighted by molar-refractivity contribution is 5.83. The average molecular weight is 809 g/mol. The van der Waals surface area contributed by atoms with E-state index in [1.807, 2.05) is 48.5 Å². The van der Waals surface area contributed by atoms with Crippen molar-refractivity contribution in [2.24, 2.45) is 0 Å². The summed E-state index contributed by atoms with van der Waals surface area (Å²) in [6, 6.07) is 33.2. The van der Waals surface area contributed by atoms with Crippen LogP contribution in [0.1, 0.15) is 103 Å². The standard InChI is InChI=1S/C52H52N6O3/c1-49(2)21-22-50(3,4)37-26-41-40(25-36(37)49)53-46(54-41)31-11-17-34(18-12-31)60-44-29-45(58-48(57-44)30-9-15-33(59)16-10-30)61-35-19-13-32(14-20-35)47-55-42-27-38-39(28-43(42)56-47)52(7,8)24-23-51(38,5)6/h9-20,25-29,59H,21-24H2,1-8H3,(H,53,54)(H,55,56). The molecule has 2 aliphatic carbocycles. The molecule has 0 atom stereocenters. The number of H-pyrrole nitrogens is 2. The normalized spacial score (nSPS) is 17.2. The second kappa shape index (κ2) is 13.8. The van der Waals surface area contributed by atoms with Gasteiger partial charge in [0, 0.05) is 16.7 Å². The van der Waals surface area contributed by atoms with Gasteiger partial charge in [0.1, 0.15) is 28.9 Å². The van der Waals surface area contributed by atoms with Crippen molar-refractivity contribution in [3.8, 4) is 63.2 Å². The molecule has 308 valence electrons. The highest BCUT2D eigenvalue weighted by atomic mass is 16.5. The first kappa shape index (κ1) is 38.7. The molecule has 8 aromatic rings. The number of hydrogen-bond donors (Lipinski definition) is 3. The molecular weight excluding hydrogens is 757 g/mol. The number of imidazole rings is 2. The van der Waals surface area contributed by atoms with E-state index in [2.05, 4.69) is 89.6 Å². The molecule has 0 spiro atoms. The predicted octanol–water partition coefficient (Wildman–Crippen LogP) is 13.2. The lowest BCUT2D eigenvalue weighted by Gasteiger charge is -2.41. The number of fused-ring (bicyclic) bond motifs is 4. The Hall–Kier alpha value is -6.48. The molecule has 0 saturated carbocycles. The fraction of sp³-hybridized carbons (Fsp3) is 0.308. The van der Waals surface area contributed by atoms with E-state index >= 15 is 0 Å². The molecule has 0 amide bonds. The van der Waals surface area contributed by atoms with Crippen LogP contribution < -0.4 is 9.47 Å². The molecule has 0 fully saturated rings.